The first-order valence-corrected chi connectivity index (χ1v) is 15.6. The number of hydrogen-bond donors (Lipinski definition) is 3. The van der Waals surface area contributed by atoms with E-state index in [1.807, 2.05) is 60.7 Å². The molecule has 1 heterocycles. The van der Waals surface area contributed by atoms with Crippen LogP contribution in [0.3, 0.4) is 0 Å². The maximum Gasteiger partial charge on any atom is 0.246 e. The van der Waals surface area contributed by atoms with E-state index in [-0.39, 0.29) is 43.6 Å². The van der Waals surface area contributed by atoms with E-state index in [1.54, 1.807) is 0 Å². The number of rotatable bonds is 12. The molecule has 41 heavy (non-hydrogen) atoms. The summed E-state index contributed by atoms with van der Waals surface area (Å²) in [6, 6.07) is 15.6. The highest BCUT2D eigenvalue weighted by Gasteiger charge is 2.44. The van der Waals surface area contributed by atoms with Crippen LogP contribution < -0.4 is 16.4 Å². The zero-order valence-corrected chi connectivity index (χ0v) is 24.5. The van der Waals surface area contributed by atoms with Crippen LogP contribution in [-0.4, -0.2) is 92.1 Å². The van der Waals surface area contributed by atoms with E-state index in [9.17, 15) is 27.6 Å². The van der Waals surface area contributed by atoms with E-state index in [0.29, 0.717) is 6.42 Å². The third-order valence-corrected chi connectivity index (χ3v) is 8.06. The molecule has 0 saturated carbocycles. The van der Waals surface area contributed by atoms with Gasteiger partial charge >= 0.3 is 0 Å². The number of nitrogens with zero attached hydrogens (tertiary/aromatic N) is 2. The fourth-order valence-electron chi connectivity index (χ4n) is 4.85. The average molecular weight is 586 g/mol. The first-order chi connectivity index (χ1) is 19.4. The number of likely N-dealkylation sites (tertiary alicyclic amines) is 1. The molecule has 0 spiro atoms. The molecule has 1 aliphatic rings. The number of likely N-dealkylation sites (N-methyl/N-ethyl adjacent to an activating group) is 1. The fourth-order valence-corrected chi connectivity index (χ4v) is 5.52. The van der Waals surface area contributed by atoms with Gasteiger partial charge in [0.2, 0.25) is 23.6 Å². The van der Waals surface area contributed by atoms with Gasteiger partial charge in [-0.25, -0.2) is 8.42 Å². The summed E-state index contributed by atoms with van der Waals surface area (Å²) < 4.78 is 23.9. The van der Waals surface area contributed by atoms with Gasteiger partial charge in [-0.1, -0.05) is 60.7 Å². The number of nitrogens with two attached hydrogens (primary N) is 1. The van der Waals surface area contributed by atoms with Crippen molar-refractivity contribution in [2.45, 2.75) is 50.4 Å². The van der Waals surface area contributed by atoms with E-state index >= 15 is 0 Å². The van der Waals surface area contributed by atoms with Gasteiger partial charge in [0.05, 0.1) is 18.3 Å². The highest BCUT2D eigenvalue weighted by atomic mass is 32.2. The van der Waals surface area contributed by atoms with Gasteiger partial charge < -0.3 is 26.2 Å². The molecule has 1 saturated heterocycles. The summed E-state index contributed by atoms with van der Waals surface area (Å²) >= 11 is 0. The molecule has 1 aliphatic heterocycles. The lowest BCUT2D eigenvalue weighted by molar-refractivity contribution is -0.147. The Hall–Kier alpha value is -3.77. The third kappa shape index (κ3) is 9.12. The molecule has 4 N–H and O–H groups in total. The average Bonchev–Trinajstić information content (AvgIpc) is 3.40. The smallest absolute Gasteiger partial charge is 0.246 e. The van der Waals surface area contributed by atoms with Crippen LogP contribution in [0.25, 0.3) is 0 Å². The van der Waals surface area contributed by atoms with Gasteiger partial charge in [-0.05, 0) is 30.9 Å². The Balaban J connectivity index is 1.98. The summed E-state index contributed by atoms with van der Waals surface area (Å²) in [4.78, 5) is 55.8. The molecule has 4 unspecified atom stereocenters. The van der Waals surface area contributed by atoms with Crippen LogP contribution in [0, 0.1) is 0 Å². The van der Waals surface area contributed by atoms with E-state index in [2.05, 4.69) is 10.6 Å². The van der Waals surface area contributed by atoms with Crippen LogP contribution in [0.5, 0.6) is 0 Å². The SMILES string of the molecule is CNC(=O)CN(Cc1ccccc1)C(=O)C1CC(c2ccccc2)CN1C(=O)C(CCS(C)(=O)=O)NC(=O)C(C)N. The van der Waals surface area contributed by atoms with Crippen molar-refractivity contribution in [3.05, 3.63) is 71.8 Å². The summed E-state index contributed by atoms with van der Waals surface area (Å²) in [6.45, 7) is 1.58. The Kier molecular flexibility index (Phi) is 11.0. The van der Waals surface area contributed by atoms with Crippen LogP contribution >= 0.6 is 0 Å². The molecule has 4 amide bonds. The highest BCUT2D eigenvalue weighted by molar-refractivity contribution is 7.90. The first-order valence-electron chi connectivity index (χ1n) is 13.5. The second-order valence-electron chi connectivity index (χ2n) is 10.5. The van der Waals surface area contributed by atoms with Gasteiger partial charge in [0, 0.05) is 32.3 Å². The van der Waals surface area contributed by atoms with Crippen molar-refractivity contribution in [2.75, 3.05) is 32.1 Å². The van der Waals surface area contributed by atoms with Gasteiger partial charge in [-0.3, -0.25) is 19.2 Å². The van der Waals surface area contributed by atoms with Crippen LogP contribution in [0.15, 0.2) is 60.7 Å². The molecular weight excluding hydrogens is 546 g/mol. The van der Waals surface area contributed by atoms with E-state index < -0.39 is 45.7 Å². The van der Waals surface area contributed by atoms with Crippen molar-refractivity contribution >= 4 is 33.5 Å². The van der Waals surface area contributed by atoms with Crippen LogP contribution in [0.4, 0.5) is 0 Å². The summed E-state index contributed by atoms with van der Waals surface area (Å²) in [6.07, 6.45) is 1.18. The monoisotopic (exact) mass is 585 g/mol. The summed E-state index contributed by atoms with van der Waals surface area (Å²) in [5.41, 5.74) is 7.47. The maximum atomic E-state index is 14.1. The second kappa shape index (κ2) is 14.2. The highest BCUT2D eigenvalue weighted by Crippen LogP contribution is 2.33. The lowest BCUT2D eigenvalue weighted by atomic mass is 9.96. The quantitative estimate of drug-likeness (QED) is 0.325. The number of carbonyl (C=O) groups is 4. The summed E-state index contributed by atoms with van der Waals surface area (Å²) in [5.74, 6) is -2.48. The largest absolute Gasteiger partial charge is 0.358 e. The van der Waals surface area contributed by atoms with Crippen molar-refractivity contribution in [1.82, 2.24) is 20.4 Å². The molecule has 12 heteroatoms. The zero-order valence-electron chi connectivity index (χ0n) is 23.7. The molecular formula is C29H39N5O6S. The molecule has 11 nitrogen and oxygen atoms in total. The Morgan fingerprint density at radius 2 is 1.66 bits per heavy atom. The number of amides is 4. The molecule has 2 aromatic carbocycles. The van der Waals surface area contributed by atoms with Gasteiger partial charge in [0.15, 0.2) is 0 Å². The lowest BCUT2D eigenvalue weighted by Gasteiger charge is -2.32. The number of nitrogens with one attached hydrogen (secondary N) is 2. The van der Waals surface area contributed by atoms with Crippen LogP contribution in [-0.2, 0) is 35.6 Å². The molecule has 2 aromatic rings. The molecule has 3 rings (SSSR count). The maximum absolute atomic E-state index is 14.1. The molecule has 0 aliphatic carbocycles. The summed E-state index contributed by atoms with van der Waals surface area (Å²) in [5, 5.41) is 5.13. The van der Waals surface area contributed by atoms with Gasteiger partial charge in [-0.15, -0.1) is 0 Å². The number of carbonyl (C=O) groups excluding carboxylic acids is 4. The third-order valence-electron chi connectivity index (χ3n) is 7.09. The lowest BCUT2D eigenvalue weighted by Crippen LogP contribution is -2.56. The van der Waals surface area contributed by atoms with Crippen molar-refractivity contribution in [1.29, 1.82) is 0 Å². The standard InChI is InChI=1S/C29H39N5O6S/c1-20(30)27(36)32-24(14-15-41(3,39)40)28(37)34-18-23(22-12-8-5-9-13-22)16-25(34)29(38)33(19-26(35)31-2)17-21-10-6-4-7-11-21/h4-13,20,23-25H,14-19,30H2,1-3H3,(H,31,35)(H,32,36). The van der Waals surface area contributed by atoms with E-state index in [4.69, 9.17) is 5.73 Å². The van der Waals surface area contributed by atoms with E-state index in [0.717, 1.165) is 17.4 Å². The first kappa shape index (κ1) is 31.8. The molecule has 0 bridgehead atoms. The Bertz CT molecular complexity index is 1320. The molecule has 1 fully saturated rings. The fraction of sp³-hybridized carbons (Fsp3) is 0.448. The number of hydrogen-bond acceptors (Lipinski definition) is 7. The minimum absolute atomic E-state index is 0.153. The Morgan fingerprint density at radius 3 is 2.22 bits per heavy atom. The molecule has 0 radical (unpaired) electrons. The molecule has 4 atom stereocenters. The zero-order chi connectivity index (χ0) is 30.2. The van der Waals surface area contributed by atoms with Crippen molar-refractivity contribution in [2.24, 2.45) is 5.73 Å². The van der Waals surface area contributed by atoms with Gasteiger partial charge in [0.25, 0.3) is 0 Å². The minimum Gasteiger partial charge on any atom is -0.358 e. The van der Waals surface area contributed by atoms with Crippen molar-refractivity contribution in [3.8, 4) is 0 Å². The molecule has 0 aromatic heterocycles. The Labute approximate surface area is 241 Å². The van der Waals surface area contributed by atoms with Gasteiger partial charge in [0.1, 0.15) is 21.9 Å². The predicted octanol–water partition coefficient (Wildman–Crippen LogP) is 0.413. The molecule has 222 valence electrons. The van der Waals surface area contributed by atoms with Crippen LogP contribution in [0.1, 0.15) is 36.8 Å². The Morgan fingerprint density at radius 1 is 1.05 bits per heavy atom. The van der Waals surface area contributed by atoms with Crippen molar-refractivity contribution in [3.63, 3.8) is 0 Å². The minimum atomic E-state index is -3.45. The number of sulfone groups is 1. The van der Waals surface area contributed by atoms with E-state index in [1.165, 1.54) is 23.8 Å². The number of benzene rings is 2. The topological polar surface area (TPSA) is 159 Å². The summed E-state index contributed by atoms with van der Waals surface area (Å²) in [7, 11) is -1.97. The van der Waals surface area contributed by atoms with Gasteiger partial charge in [-0.2, -0.15) is 0 Å². The normalized spacial score (nSPS) is 18.3. The second-order valence-corrected chi connectivity index (χ2v) is 12.7. The van der Waals surface area contributed by atoms with Crippen LogP contribution in [0.2, 0.25) is 0 Å². The van der Waals surface area contributed by atoms with Crippen molar-refractivity contribution < 1.29 is 27.6 Å². The predicted molar refractivity (Wildman–Crippen MR) is 155 cm³/mol.